The molecule has 0 spiro atoms. The Kier molecular flexibility index (Phi) is 3.29. The number of nitrogens with zero attached hydrogens (tertiary/aromatic N) is 1. The summed E-state index contributed by atoms with van der Waals surface area (Å²) >= 11 is 0. The third kappa shape index (κ3) is 2.30. The number of hydrogen-bond donors (Lipinski definition) is 1. The van der Waals surface area contributed by atoms with Crippen LogP contribution in [-0.4, -0.2) is 30.9 Å². The number of amides is 1. The molecule has 4 unspecified atom stereocenters. The fourth-order valence-corrected chi connectivity index (χ4v) is 4.45. The van der Waals surface area contributed by atoms with Crippen molar-refractivity contribution in [2.45, 2.75) is 38.1 Å². The minimum absolute atomic E-state index is 0.189. The summed E-state index contributed by atoms with van der Waals surface area (Å²) in [6.07, 6.45) is 8.10. The average molecular weight is 288 g/mol. The number of carbonyl (C=O) groups excluding carboxylic acids is 1. The molecular weight excluding hydrogens is 264 g/mol. The molecule has 4 nitrogen and oxygen atoms in total. The van der Waals surface area contributed by atoms with Gasteiger partial charge in [-0.2, -0.15) is 0 Å². The van der Waals surface area contributed by atoms with E-state index in [2.05, 4.69) is 10.2 Å². The zero-order valence-corrected chi connectivity index (χ0v) is 12.7. The summed E-state index contributed by atoms with van der Waals surface area (Å²) in [4.78, 5) is 14.9. The molecule has 3 aliphatic rings. The SMILES string of the molecule is CNC1C(=O)N(CC2CCCC3CC32)CCc2ccoc21. The van der Waals surface area contributed by atoms with E-state index in [-0.39, 0.29) is 11.9 Å². The molecule has 4 heteroatoms. The van der Waals surface area contributed by atoms with E-state index in [9.17, 15) is 4.79 Å². The molecule has 1 N–H and O–H groups in total. The first-order valence-corrected chi connectivity index (χ1v) is 8.30. The molecule has 0 aromatic carbocycles. The van der Waals surface area contributed by atoms with Gasteiger partial charge in [-0.05, 0) is 55.7 Å². The molecule has 1 amide bonds. The van der Waals surface area contributed by atoms with Crippen molar-refractivity contribution in [1.82, 2.24) is 10.2 Å². The highest BCUT2D eigenvalue weighted by Crippen LogP contribution is 2.53. The van der Waals surface area contributed by atoms with Gasteiger partial charge in [0.05, 0.1) is 6.26 Å². The van der Waals surface area contributed by atoms with Gasteiger partial charge in [-0.3, -0.25) is 4.79 Å². The lowest BCUT2D eigenvalue weighted by Crippen LogP contribution is -2.42. The van der Waals surface area contributed by atoms with Gasteiger partial charge in [-0.1, -0.05) is 12.8 Å². The Morgan fingerprint density at radius 2 is 2.33 bits per heavy atom. The third-order valence-corrected chi connectivity index (χ3v) is 5.73. The molecule has 1 aromatic rings. The van der Waals surface area contributed by atoms with Crippen LogP contribution < -0.4 is 5.32 Å². The second kappa shape index (κ2) is 5.16. The predicted octanol–water partition coefficient (Wildman–Crippen LogP) is 2.36. The molecule has 114 valence electrons. The van der Waals surface area contributed by atoms with Crippen LogP contribution in [0, 0.1) is 17.8 Å². The van der Waals surface area contributed by atoms with Gasteiger partial charge >= 0.3 is 0 Å². The molecule has 2 fully saturated rings. The third-order valence-electron chi connectivity index (χ3n) is 5.73. The smallest absolute Gasteiger partial charge is 0.247 e. The number of hydrogen-bond acceptors (Lipinski definition) is 3. The minimum Gasteiger partial charge on any atom is -0.467 e. The summed E-state index contributed by atoms with van der Waals surface area (Å²) in [5.41, 5.74) is 1.18. The van der Waals surface area contributed by atoms with Gasteiger partial charge < -0.3 is 14.6 Å². The monoisotopic (exact) mass is 288 g/mol. The Morgan fingerprint density at radius 1 is 1.43 bits per heavy atom. The van der Waals surface area contributed by atoms with Gasteiger partial charge in [-0.15, -0.1) is 0 Å². The van der Waals surface area contributed by atoms with Crippen LogP contribution in [0.25, 0.3) is 0 Å². The Balaban J connectivity index is 1.51. The van der Waals surface area contributed by atoms with E-state index >= 15 is 0 Å². The van der Waals surface area contributed by atoms with Crippen molar-refractivity contribution in [3.63, 3.8) is 0 Å². The van der Waals surface area contributed by atoms with Crippen LogP contribution in [0.5, 0.6) is 0 Å². The van der Waals surface area contributed by atoms with Crippen LogP contribution in [0.1, 0.15) is 43.0 Å². The number of likely N-dealkylation sites (N-methyl/N-ethyl adjacent to an activating group) is 1. The standard InChI is InChI=1S/C17H24N2O2/c1-18-15-16-11(6-8-21-16)5-7-19(17(15)20)10-13-4-2-3-12-9-14(12)13/h6,8,12-15,18H,2-5,7,9-10H2,1H3. The number of furan rings is 1. The molecule has 2 aliphatic carbocycles. The van der Waals surface area contributed by atoms with E-state index in [1.54, 1.807) is 6.26 Å². The van der Waals surface area contributed by atoms with Crippen molar-refractivity contribution in [2.24, 2.45) is 17.8 Å². The Hall–Kier alpha value is -1.29. The highest BCUT2D eigenvalue weighted by Gasteiger charge is 2.46. The molecule has 0 radical (unpaired) electrons. The maximum atomic E-state index is 12.8. The van der Waals surface area contributed by atoms with Gasteiger partial charge in [0, 0.05) is 13.1 Å². The summed E-state index contributed by atoms with van der Waals surface area (Å²) in [5.74, 6) is 3.61. The van der Waals surface area contributed by atoms with Crippen LogP contribution in [0.3, 0.4) is 0 Å². The van der Waals surface area contributed by atoms with E-state index in [4.69, 9.17) is 4.42 Å². The first kappa shape index (κ1) is 13.4. The molecule has 1 aromatic heterocycles. The first-order chi connectivity index (χ1) is 10.3. The summed E-state index contributed by atoms with van der Waals surface area (Å²) in [7, 11) is 1.84. The van der Waals surface area contributed by atoms with Crippen molar-refractivity contribution in [3.05, 3.63) is 23.7 Å². The first-order valence-electron chi connectivity index (χ1n) is 8.30. The maximum absolute atomic E-state index is 12.8. The Morgan fingerprint density at radius 3 is 3.19 bits per heavy atom. The summed E-state index contributed by atoms with van der Waals surface area (Å²) in [6, 6.07) is 1.70. The van der Waals surface area contributed by atoms with Gasteiger partial charge in [-0.25, -0.2) is 0 Å². The molecule has 4 rings (SSSR count). The van der Waals surface area contributed by atoms with Crippen molar-refractivity contribution >= 4 is 5.91 Å². The molecular formula is C17H24N2O2. The van der Waals surface area contributed by atoms with Crippen LogP contribution in [-0.2, 0) is 11.2 Å². The lowest BCUT2D eigenvalue weighted by Gasteiger charge is -2.30. The molecule has 2 saturated carbocycles. The van der Waals surface area contributed by atoms with E-state index in [1.807, 2.05) is 13.1 Å². The van der Waals surface area contributed by atoms with Gasteiger partial charge in [0.1, 0.15) is 11.8 Å². The molecule has 1 aliphatic heterocycles. The molecule has 0 bridgehead atoms. The van der Waals surface area contributed by atoms with Crippen LogP contribution in [0.15, 0.2) is 16.7 Å². The fraction of sp³-hybridized carbons (Fsp3) is 0.706. The average Bonchev–Trinajstić information content (AvgIpc) is 3.18. The number of carbonyl (C=O) groups is 1. The fourth-order valence-electron chi connectivity index (χ4n) is 4.45. The lowest BCUT2D eigenvalue weighted by molar-refractivity contribution is -0.134. The van der Waals surface area contributed by atoms with E-state index < -0.39 is 0 Å². The predicted molar refractivity (Wildman–Crippen MR) is 79.7 cm³/mol. The minimum atomic E-state index is -0.309. The highest BCUT2D eigenvalue weighted by molar-refractivity contribution is 5.83. The quantitative estimate of drug-likeness (QED) is 0.928. The van der Waals surface area contributed by atoms with Crippen LogP contribution in [0.4, 0.5) is 0 Å². The summed E-state index contributed by atoms with van der Waals surface area (Å²) in [5, 5.41) is 3.14. The van der Waals surface area contributed by atoms with Crippen molar-refractivity contribution < 1.29 is 9.21 Å². The van der Waals surface area contributed by atoms with Crippen LogP contribution >= 0.6 is 0 Å². The lowest BCUT2D eigenvalue weighted by atomic mass is 9.88. The van der Waals surface area contributed by atoms with Gasteiger partial charge in [0.15, 0.2) is 0 Å². The van der Waals surface area contributed by atoms with Gasteiger partial charge in [0.25, 0.3) is 0 Å². The second-order valence-electron chi connectivity index (χ2n) is 6.92. The molecule has 0 saturated heterocycles. The molecule has 2 heterocycles. The zero-order valence-electron chi connectivity index (χ0n) is 12.7. The maximum Gasteiger partial charge on any atom is 0.247 e. The van der Waals surface area contributed by atoms with Gasteiger partial charge in [0.2, 0.25) is 5.91 Å². The van der Waals surface area contributed by atoms with Crippen molar-refractivity contribution in [1.29, 1.82) is 0 Å². The topological polar surface area (TPSA) is 45.5 Å². The second-order valence-corrected chi connectivity index (χ2v) is 6.92. The summed E-state index contributed by atoms with van der Waals surface area (Å²) < 4.78 is 5.57. The Labute approximate surface area is 125 Å². The highest BCUT2D eigenvalue weighted by atomic mass is 16.3. The zero-order chi connectivity index (χ0) is 14.4. The molecule has 4 atom stereocenters. The van der Waals surface area contributed by atoms with E-state index in [1.165, 1.54) is 31.2 Å². The largest absolute Gasteiger partial charge is 0.467 e. The number of rotatable bonds is 3. The Bertz CT molecular complexity index is 539. The van der Waals surface area contributed by atoms with E-state index in [0.717, 1.165) is 43.0 Å². The summed E-state index contributed by atoms with van der Waals surface area (Å²) in [6.45, 7) is 1.78. The molecule has 21 heavy (non-hydrogen) atoms. The number of nitrogens with one attached hydrogen (secondary N) is 1. The normalized spacial score (nSPS) is 35.1. The van der Waals surface area contributed by atoms with Crippen LogP contribution in [0.2, 0.25) is 0 Å². The van der Waals surface area contributed by atoms with Crippen molar-refractivity contribution in [3.8, 4) is 0 Å². The van der Waals surface area contributed by atoms with E-state index in [0.29, 0.717) is 0 Å². The van der Waals surface area contributed by atoms with Crippen molar-refractivity contribution in [2.75, 3.05) is 20.1 Å². The number of fused-ring (bicyclic) bond motifs is 2.